The van der Waals surface area contributed by atoms with E-state index in [-0.39, 0.29) is 31.1 Å². The van der Waals surface area contributed by atoms with Crippen LogP contribution in [0.5, 0.6) is 0 Å². The quantitative estimate of drug-likeness (QED) is 0.0262. The number of allylic oxidation sites excluding steroid dienone is 10. The lowest BCUT2D eigenvalue weighted by atomic mass is 10.0. The normalized spacial score (nSPS) is 12.5. The standard InChI is InChI=1S/C59H104O6/c1-4-7-10-13-16-19-22-24-26-28-29-31-33-35-38-41-44-47-50-53-59(62)65-56(54-63-57(60)51-48-45-42-39-36-21-18-15-12-9-6-3)55-64-58(61)52-49-46-43-40-37-34-32-30-27-25-23-20-17-14-11-8-5-2/h7,10,16,19,24,26,29,31,35,38,56H,4-6,8-9,11-15,17-18,20-23,25,27-28,30,32-34,36-37,39-55H2,1-3H3/b10-7-,19-16-,26-24-,31-29-,38-35-/t56-/m0/s1. The van der Waals surface area contributed by atoms with Gasteiger partial charge in [-0.3, -0.25) is 14.4 Å². The van der Waals surface area contributed by atoms with Gasteiger partial charge in [-0.2, -0.15) is 0 Å². The number of carbonyl (C=O) groups is 3. The molecule has 0 aliphatic carbocycles. The number of rotatable bonds is 50. The van der Waals surface area contributed by atoms with Crippen molar-refractivity contribution in [2.75, 3.05) is 13.2 Å². The maximum atomic E-state index is 12.8. The zero-order chi connectivity index (χ0) is 47.2. The predicted molar refractivity (Wildman–Crippen MR) is 279 cm³/mol. The second-order valence-corrected chi connectivity index (χ2v) is 18.5. The van der Waals surface area contributed by atoms with Crippen molar-refractivity contribution in [2.45, 2.75) is 284 Å². The lowest BCUT2D eigenvalue weighted by Crippen LogP contribution is -2.30. The molecule has 0 saturated carbocycles. The molecule has 0 spiro atoms. The summed E-state index contributed by atoms with van der Waals surface area (Å²) < 4.78 is 16.8. The van der Waals surface area contributed by atoms with Crippen molar-refractivity contribution < 1.29 is 28.6 Å². The molecular weight excluding hydrogens is 805 g/mol. The van der Waals surface area contributed by atoms with Gasteiger partial charge >= 0.3 is 17.9 Å². The average Bonchev–Trinajstić information content (AvgIpc) is 3.30. The summed E-state index contributed by atoms with van der Waals surface area (Å²) in [5.74, 6) is -0.906. The fourth-order valence-electron chi connectivity index (χ4n) is 7.88. The van der Waals surface area contributed by atoms with E-state index >= 15 is 0 Å². The molecular formula is C59H104O6. The first-order chi connectivity index (χ1) is 32.0. The first-order valence-corrected chi connectivity index (χ1v) is 27.8. The van der Waals surface area contributed by atoms with Crippen molar-refractivity contribution in [3.8, 4) is 0 Å². The monoisotopic (exact) mass is 909 g/mol. The molecule has 0 N–H and O–H groups in total. The molecule has 0 aliphatic rings. The molecule has 6 heteroatoms. The van der Waals surface area contributed by atoms with Crippen LogP contribution in [0.4, 0.5) is 0 Å². The van der Waals surface area contributed by atoms with E-state index in [1.165, 1.54) is 141 Å². The van der Waals surface area contributed by atoms with Crippen LogP contribution in [-0.4, -0.2) is 37.2 Å². The first-order valence-electron chi connectivity index (χ1n) is 27.8. The van der Waals surface area contributed by atoms with Crippen LogP contribution < -0.4 is 0 Å². The van der Waals surface area contributed by atoms with Crippen molar-refractivity contribution >= 4 is 17.9 Å². The summed E-state index contributed by atoms with van der Waals surface area (Å²) in [5, 5.41) is 0. The van der Waals surface area contributed by atoms with Gasteiger partial charge in [-0.05, 0) is 64.2 Å². The molecule has 1 atom stereocenters. The molecule has 0 rings (SSSR count). The van der Waals surface area contributed by atoms with Gasteiger partial charge in [-0.15, -0.1) is 0 Å². The molecule has 0 aromatic carbocycles. The minimum Gasteiger partial charge on any atom is -0.462 e. The molecule has 6 nitrogen and oxygen atoms in total. The molecule has 0 aromatic heterocycles. The van der Waals surface area contributed by atoms with Gasteiger partial charge in [0.25, 0.3) is 0 Å². The minimum absolute atomic E-state index is 0.0840. The van der Waals surface area contributed by atoms with Gasteiger partial charge in [0.05, 0.1) is 0 Å². The summed E-state index contributed by atoms with van der Waals surface area (Å²) in [4.78, 5) is 38.0. The Hall–Kier alpha value is -2.89. The summed E-state index contributed by atoms with van der Waals surface area (Å²) in [6.45, 7) is 6.52. The summed E-state index contributed by atoms with van der Waals surface area (Å²) in [6.07, 6.45) is 66.4. The molecule has 0 radical (unpaired) electrons. The Kier molecular flexibility index (Phi) is 51.3. The molecule has 376 valence electrons. The fourth-order valence-corrected chi connectivity index (χ4v) is 7.88. The summed E-state index contributed by atoms with van der Waals surface area (Å²) in [6, 6.07) is 0. The van der Waals surface area contributed by atoms with Crippen LogP contribution in [0.25, 0.3) is 0 Å². The third-order valence-corrected chi connectivity index (χ3v) is 12.0. The van der Waals surface area contributed by atoms with E-state index in [1.54, 1.807) is 0 Å². The Morgan fingerprint density at radius 2 is 0.600 bits per heavy atom. The molecule has 0 heterocycles. The summed E-state index contributed by atoms with van der Waals surface area (Å²) >= 11 is 0. The third-order valence-electron chi connectivity index (χ3n) is 12.0. The Balaban J connectivity index is 4.39. The van der Waals surface area contributed by atoms with E-state index in [0.29, 0.717) is 19.3 Å². The van der Waals surface area contributed by atoms with E-state index in [2.05, 4.69) is 81.5 Å². The average molecular weight is 909 g/mol. The maximum Gasteiger partial charge on any atom is 0.306 e. The van der Waals surface area contributed by atoms with Gasteiger partial charge in [0.15, 0.2) is 6.10 Å². The van der Waals surface area contributed by atoms with Gasteiger partial charge in [-0.1, -0.05) is 255 Å². The van der Waals surface area contributed by atoms with Crippen LogP contribution >= 0.6 is 0 Å². The van der Waals surface area contributed by atoms with E-state index < -0.39 is 6.10 Å². The fraction of sp³-hybridized carbons (Fsp3) is 0.780. The number of unbranched alkanes of at least 4 members (excludes halogenated alkanes) is 29. The lowest BCUT2D eigenvalue weighted by Gasteiger charge is -2.18. The number of esters is 3. The van der Waals surface area contributed by atoms with Crippen molar-refractivity contribution in [3.63, 3.8) is 0 Å². The molecule has 0 saturated heterocycles. The van der Waals surface area contributed by atoms with Gasteiger partial charge in [0.1, 0.15) is 13.2 Å². The molecule has 0 fully saturated rings. The van der Waals surface area contributed by atoms with Gasteiger partial charge < -0.3 is 14.2 Å². The zero-order valence-corrected chi connectivity index (χ0v) is 43.0. The zero-order valence-electron chi connectivity index (χ0n) is 43.0. The largest absolute Gasteiger partial charge is 0.462 e. The minimum atomic E-state index is -0.787. The van der Waals surface area contributed by atoms with Crippen molar-refractivity contribution in [3.05, 3.63) is 60.8 Å². The highest BCUT2D eigenvalue weighted by molar-refractivity contribution is 5.71. The second kappa shape index (κ2) is 53.7. The van der Waals surface area contributed by atoms with Gasteiger partial charge in [-0.25, -0.2) is 0 Å². The topological polar surface area (TPSA) is 78.9 Å². The molecule has 0 bridgehead atoms. The molecule has 0 amide bonds. The third kappa shape index (κ3) is 51.9. The Morgan fingerprint density at radius 3 is 0.938 bits per heavy atom. The van der Waals surface area contributed by atoms with Gasteiger partial charge in [0.2, 0.25) is 0 Å². The Bertz CT molecular complexity index is 1180. The molecule has 0 aromatic rings. The van der Waals surface area contributed by atoms with Crippen LogP contribution in [0.2, 0.25) is 0 Å². The molecule has 0 aliphatic heterocycles. The summed E-state index contributed by atoms with van der Waals surface area (Å²) in [5.41, 5.74) is 0. The predicted octanol–water partition coefficient (Wildman–Crippen LogP) is 18.4. The van der Waals surface area contributed by atoms with Gasteiger partial charge in [0, 0.05) is 19.3 Å². The van der Waals surface area contributed by atoms with Crippen LogP contribution in [0, 0.1) is 0 Å². The lowest BCUT2D eigenvalue weighted by molar-refractivity contribution is -0.167. The van der Waals surface area contributed by atoms with Crippen LogP contribution in [0.3, 0.4) is 0 Å². The number of ether oxygens (including phenoxy) is 3. The number of hydrogen-bond acceptors (Lipinski definition) is 6. The Morgan fingerprint density at radius 1 is 0.323 bits per heavy atom. The number of hydrogen-bond donors (Lipinski definition) is 0. The molecule has 65 heavy (non-hydrogen) atoms. The van der Waals surface area contributed by atoms with Crippen LogP contribution in [-0.2, 0) is 28.6 Å². The van der Waals surface area contributed by atoms with E-state index in [0.717, 1.165) is 96.3 Å². The van der Waals surface area contributed by atoms with Crippen LogP contribution in [0.1, 0.15) is 278 Å². The maximum absolute atomic E-state index is 12.8. The second-order valence-electron chi connectivity index (χ2n) is 18.5. The molecule has 0 unspecified atom stereocenters. The number of carbonyl (C=O) groups excluding carboxylic acids is 3. The highest BCUT2D eigenvalue weighted by Gasteiger charge is 2.19. The van der Waals surface area contributed by atoms with Crippen molar-refractivity contribution in [1.29, 1.82) is 0 Å². The van der Waals surface area contributed by atoms with E-state index in [9.17, 15) is 14.4 Å². The highest BCUT2D eigenvalue weighted by Crippen LogP contribution is 2.16. The highest BCUT2D eigenvalue weighted by atomic mass is 16.6. The van der Waals surface area contributed by atoms with E-state index in [1.807, 2.05) is 0 Å². The smallest absolute Gasteiger partial charge is 0.306 e. The summed E-state index contributed by atoms with van der Waals surface area (Å²) in [7, 11) is 0. The first kappa shape index (κ1) is 62.1. The SMILES string of the molecule is CC/C=C\C/C=C\C/C=C\C/C=C\C/C=C\CCCCCC(=O)O[C@@H](COC(=O)CCCCCCCCCCCCC)COC(=O)CCCCCCCCCCCCCCCCCCC. The van der Waals surface area contributed by atoms with Crippen LogP contribution in [0.15, 0.2) is 60.8 Å². The van der Waals surface area contributed by atoms with Crippen molar-refractivity contribution in [2.24, 2.45) is 0 Å². The van der Waals surface area contributed by atoms with Crippen molar-refractivity contribution in [1.82, 2.24) is 0 Å². The van der Waals surface area contributed by atoms with E-state index in [4.69, 9.17) is 14.2 Å². The Labute approximate surface area is 402 Å².